The number of amides is 1. The molecule has 0 aliphatic heterocycles. The maximum Gasteiger partial charge on any atom is 0.261 e. The van der Waals surface area contributed by atoms with Crippen LogP contribution in [0.2, 0.25) is 0 Å². The highest BCUT2D eigenvalue weighted by molar-refractivity contribution is 5.80. The van der Waals surface area contributed by atoms with Crippen LogP contribution in [0.3, 0.4) is 0 Å². The highest BCUT2D eigenvalue weighted by Gasteiger charge is 2.14. The van der Waals surface area contributed by atoms with Gasteiger partial charge in [0.1, 0.15) is 5.75 Å². The fourth-order valence-electron chi connectivity index (χ4n) is 2.09. The van der Waals surface area contributed by atoms with E-state index in [2.05, 4.69) is 11.4 Å². The number of ether oxygens (including phenoxy) is 1. The normalized spacial score (nSPS) is 11.8. The Morgan fingerprint density at radius 3 is 2.62 bits per heavy atom. The van der Waals surface area contributed by atoms with Gasteiger partial charge in [0.2, 0.25) is 0 Å². The number of carbonyl (C=O) groups is 1. The van der Waals surface area contributed by atoms with Gasteiger partial charge in [-0.1, -0.05) is 48.0 Å². The van der Waals surface area contributed by atoms with E-state index in [1.54, 1.807) is 6.92 Å². The Kier molecular flexibility index (Phi) is 4.99. The molecular formula is C18H21NO2. The number of para-hydroxylation sites is 1. The molecule has 0 heterocycles. The van der Waals surface area contributed by atoms with Crippen molar-refractivity contribution in [3.05, 3.63) is 65.2 Å². The van der Waals surface area contributed by atoms with Crippen molar-refractivity contribution in [3.8, 4) is 5.75 Å². The number of nitrogens with one attached hydrogen (secondary N) is 1. The van der Waals surface area contributed by atoms with Crippen molar-refractivity contribution >= 4 is 5.91 Å². The van der Waals surface area contributed by atoms with E-state index in [1.165, 1.54) is 5.56 Å². The lowest BCUT2D eigenvalue weighted by atomic mass is 10.1. The smallest absolute Gasteiger partial charge is 0.261 e. The first kappa shape index (κ1) is 15.1. The number of hydrogen-bond donors (Lipinski definition) is 1. The zero-order chi connectivity index (χ0) is 15.2. The summed E-state index contributed by atoms with van der Waals surface area (Å²) in [6, 6.07) is 15.8. The van der Waals surface area contributed by atoms with Crippen molar-refractivity contribution in [1.82, 2.24) is 5.32 Å². The van der Waals surface area contributed by atoms with Gasteiger partial charge in [-0.05, 0) is 38.0 Å². The molecule has 0 radical (unpaired) electrons. The number of rotatable bonds is 5. The third-order valence-corrected chi connectivity index (χ3v) is 3.32. The molecule has 3 nitrogen and oxygen atoms in total. The first-order valence-corrected chi connectivity index (χ1v) is 7.12. The van der Waals surface area contributed by atoms with Gasteiger partial charge in [-0.2, -0.15) is 0 Å². The van der Waals surface area contributed by atoms with Crippen molar-refractivity contribution < 1.29 is 9.53 Å². The van der Waals surface area contributed by atoms with Crippen LogP contribution in [-0.4, -0.2) is 12.0 Å². The van der Waals surface area contributed by atoms with Gasteiger partial charge in [0.25, 0.3) is 5.91 Å². The van der Waals surface area contributed by atoms with E-state index in [0.29, 0.717) is 6.54 Å². The van der Waals surface area contributed by atoms with Crippen molar-refractivity contribution in [1.29, 1.82) is 0 Å². The van der Waals surface area contributed by atoms with E-state index >= 15 is 0 Å². The lowest BCUT2D eigenvalue weighted by Crippen LogP contribution is -2.36. The van der Waals surface area contributed by atoms with Gasteiger partial charge in [-0.15, -0.1) is 0 Å². The summed E-state index contributed by atoms with van der Waals surface area (Å²) in [5, 5.41) is 2.90. The van der Waals surface area contributed by atoms with Crippen molar-refractivity contribution in [3.63, 3.8) is 0 Å². The largest absolute Gasteiger partial charge is 0.481 e. The second kappa shape index (κ2) is 6.93. The van der Waals surface area contributed by atoms with Gasteiger partial charge in [-0.25, -0.2) is 0 Å². The first-order valence-electron chi connectivity index (χ1n) is 7.12. The topological polar surface area (TPSA) is 38.3 Å². The molecule has 0 bridgehead atoms. The third-order valence-electron chi connectivity index (χ3n) is 3.32. The van der Waals surface area contributed by atoms with Gasteiger partial charge in [-0.3, -0.25) is 4.79 Å². The average molecular weight is 283 g/mol. The Balaban J connectivity index is 1.90. The second-order valence-corrected chi connectivity index (χ2v) is 5.23. The first-order chi connectivity index (χ1) is 10.1. The number of hydrogen-bond acceptors (Lipinski definition) is 2. The number of benzene rings is 2. The molecule has 0 aromatic heterocycles. The predicted molar refractivity (Wildman–Crippen MR) is 84.3 cm³/mol. The summed E-state index contributed by atoms with van der Waals surface area (Å²) in [5.74, 6) is 0.635. The molecule has 2 rings (SSSR count). The fourth-order valence-corrected chi connectivity index (χ4v) is 2.09. The van der Waals surface area contributed by atoms with E-state index in [0.717, 1.165) is 16.9 Å². The summed E-state index contributed by atoms with van der Waals surface area (Å²) in [6.07, 6.45) is -0.518. The monoisotopic (exact) mass is 283 g/mol. The Labute approximate surface area is 126 Å². The molecule has 21 heavy (non-hydrogen) atoms. The van der Waals surface area contributed by atoms with Crippen LogP contribution in [0.5, 0.6) is 5.75 Å². The van der Waals surface area contributed by atoms with Crippen LogP contribution in [0.25, 0.3) is 0 Å². The molecule has 0 spiro atoms. The van der Waals surface area contributed by atoms with E-state index in [1.807, 2.05) is 56.3 Å². The van der Waals surface area contributed by atoms with Crippen molar-refractivity contribution in [2.24, 2.45) is 0 Å². The quantitative estimate of drug-likeness (QED) is 0.913. The van der Waals surface area contributed by atoms with Crippen molar-refractivity contribution in [2.75, 3.05) is 0 Å². The molecule has 0 saturated heterocycles. The summed E-state index contributed by atoms with van der Waals surface area (Å²) in [7, 11) is 0. The van der Waals surface area contributed by atoms with E-state index < -0.39 is 6.10 Å². The molecule has 0 aliphatic rings. The van der Waals surface area contributed by atoms with Gasteiger partial charge < -0.3 is 10.1 Å². The van der Waals surface area contributed by atoms with Gasteiger partial charge in [0.05, 0.1) is 0 Å². The second-order valence-electron chi connectivity index (χ2n) is 5.23. The third kappa shape index (κ3) is 4.35. The summed E-state index contributed by atoms with van der Waals surface area (Å²) in [4.78, 5) is 12.1. The fraction of sp³-hybridized carbons (Fsp3) is 0.278. The minimum absolute atomic E-state index is 0.111. The minimum Gasteiger partial charge on any atom is -0.481 e. The Morgan fingerprint density at radius 1 is 1.14 bits per heavy atom. The highest BCUT2D eigenvalue weighted by Crippen LogP contribution is 2.17. The Bertz CT molecular complexity index is 622. The molecule has 0 saturated carbocycles. The molecule has 0 aliphatic carbocycles. The molecular weight excluding hydrogens is 262 g/mol. The van der Waals surface area contributed by atoms with Gasteiger partial charge in [0, 0.05) is 6.54 Å². The average Bonchev–Trinajstić information content (AvgIpc) is 2.47. The molecule has 0 fully saturated rings. The number of aryl methyl sites for hydroxylation is 2. The summed E-state index contributed by atoms with van der Waals surface area (Å²) < 4.78 is 5.71. The molecule has 1 amide bonds. The van der Waals surface area contributed by atoms with Crippen molar-refractivity contribution in [2.45, 2.75) is 33.4 Å². The van der Waals surface area contributed by atoms with Crippen LogP contribution in [0, 0.1) is 13.8 Å². The molecule has 0 unspecified atom stereocenters. The van der Waals surface area contributed by atoms with E-state index in [-0.39, 0.29) is 5.91 Å². The maximum absolute atomic E-state index is 12.1. The molecule has 1 N–H and O–H groups in total. The summed E-state index contributed by atoms with van der Waals surface area (Å²) in [5.41, 5.74) is 3.30. The van der Waals surface area contributed by atoms with Crippen LogP contribution in [0.4, 0.5) is 0 Å². The minimum atomic E-state index is -0.518. The molecule has 2 aromatic rings. The van der Waals surface area contributed by atoms with Crippen LogP contribution in [0.15, 0.2) is 48.5 Å². The van der Waals surface area contributed by atoms with Crippen LogP contribution in [0.1, 0.15) is 23.6 Å². The predicted octanol–water partition coefficient (Wildman–Crippen LogP) is 3.39. The highest BCUT2D eigenvalue weighted by atomic mass is 16.5. The van der Waals surface area contributed by atoms with E-state index in [9.17, 15) is 4.79 Å². The molecule has 1 atom stereocenters. The van der Waals surface area contributed by atoms with Crippen LogP contribution >= 0.6 is 0 Å². The summed E-state index contributed by atoms with van der Waals surface area (Å²) >= 11 is 0. The lowest BCUT2D eigenvalue weighted by molar-refractivity contribution is -0.127. The Morgan fingerprint density at radius 2 is 1.90 bits per heavy atom. The molecule has 2 aromatic carbocycles. The zero-order valence-corrected chi connectivity index (χ0v) is 12.7. The Hall–Kier alpha value is -2.29. The zero-order valence-electron chi connectivity index (χ0n) is 12.7. The van der Waals surface area contributed by atoms with Crippen LogP contribution in [-0.2, 0) is 11.3 Å². The van der Waals surface area contributed by atoms with E-state index in [4.69, 9.17) is 4.74 Å². The maximum atomic E-state index is 12.1. The lowest BCUT2D eigenvalue weighted by Gasteiger charge is -2.16. The summed E-state index contributed by atoms with van der Waals surface area (Å²) in [6.45, 7) is 6.28. The SMILES string of the molecule is Cc1cccc(CNC(=O)[C@@H](C)Oc2ccccc2C)c1. The van der Waals surface area contributed by atoms with Gasteiger partial charge in [0.15, 0.2) is 6.10 Å². The van der Waals surface area contributed by atoms with Crippen LogP contribution < -0.4 is 10.1 Å². The molecule has 110 valence electrons. The standard InChI is InChI=1S/C18H21NO2/c1-13-7-6-9-16(11-13)12-19-18(20)15(3)21-17-10-5-4-8-14(17)2/h4-11,15H,12H2,1-3H3,(H,19,20)/t15-/m1/s1. The number of carbonyl (C=O) groups excluding carboxylic acids is 1. The molecule has 3 heteroatoms. The van der Waals surface area contributed by atoms with Gasteiger partial charge >= 0.3 is 0 Å².